The molecule has 26 heavy (non-hydrogen) atoms. The molecule has 0 fully saturated rings. The molecule has 0 spiro atoms. The molecule has 0 saturated carbocycles. The lowest BCUT2D eigenvalue weighted by Crippen LogP contribution is -2.19. The lowest BCUT2D eigenvalue weighted by atomic mass is 9.99. The lowest BCUT2D eigenvalue weighted by molar-refractivity contribution is 0.373. The number of nitrogens with zero attached hydrogens (tertiary/aromatic N) is 2. The van der Waals surface area contributed by atoms with Gasteiger partial charge in [-0.05, 0) is 36.8 Å². The summed E-state index contributed by atoms with van der Waals surface area (Å²) in [6, 6.07) is 5.97. The van der Waals surface area contributed by atoms with Gasteiger partial charge in [0, 0.05) is 41.6 Å². The van der Waals surface area contributed by atoms with Crippen LogP contribution in [0.15, 0.2) is 53.1 Å². The third kappa shape index (κ3) is 3.90. The second-order valence-corrected chi connectivity index (χ2v) is 7.19. The highest BCUT2D eigenvalue weighted by molar-refractivity contribution is 7.19. The first-order chi connectivity index (χ1) is 12.5. The molecule has 2 atom stereocenters. The van der Waals surface area contributed by atoms with E-state index in [1.54, 1.807) is 37.6 Å². The first-order valence-corrected chi connectivity index (χ1v) is 9.33. The van der Waals surface area contributed by atoms with Gasteiger partial charge in [0.15, 0.2) is 0 Å². The molecule has 136 valence electrons. The van der Waals surface area contributed by atoms with E-state index in [2.05, 4.69) is 15.3 Å². The van der Waals surface area contributed by atoms with Crippen molar-refractivity contribution in [3.05, 3.63) is 58.6 Å². The van der Waals surface area contributed by atoms with Gasteiger partial charge in [-0.3, -0.25) is 0 Å². The predicted molar refractivity (Wildman–Crippen MR) is 106 cm³/mol. The van der Waals surface area contributed by atoms with Crippen molar-refractivity contribution in [2.24, 2.45) is 4.99 Å². The Labute approximate surface area is 155 Å². The van der Waals surface area contributed by atoms with Gasteiger partial charge in [-0.2, -0.15) is 4.39 Å². The largest absolute Gasteiger partial charge is 0.389 e. The van der Waals surface area contributed by atoms with Crippen LogP contribution in [0.1, 0.15) is 36.8 Å². The molecular weight excluding hydrogens is 352 g/mol. The third-order valence-corrected chi connectivity index (χ3v) is 5.46. The highest BCUT2D eigenvalue weighted by atomic mass is 32.1. The average molecular weight is 373 g/mol. The molecule has 0 aromatic carbocycles. The summed E-state index contributed by atoms with van der Waals surface area (Å²) in [5.41, 5.74) is 2.42. The highest BCUT2D eigenvalue weighted by Gasteiger charge is 2.20. The van der Waals surface area contributed by atoms with Gasteiger partial charge in [-0.25, -0.2) is 14.4 Å². The van der Waals surface area contributed by atoms with Crippen LogP contribution in [-0.2, 0) is 0 Å². The molecule has 0 saturated heterocycles. The second-order valence-electron chi connectivity index (χ2n) is 6.15. The molecule has 3 nitrogen and oxygen atoms in total. The van der Waals surface area contributed by atoms with Gasteiger partial charge in [-0.15, -0.1) is 11.3 Å². The zero-order valence-electron chi connectivity index (χ0n) is 15.0. The number of alkyl halides is 1. The van der Waals surface area contributed by atoms with E-state index >= 15 is 0 Å². The first-order valence-electron chi connectivity index (χ1n) is 8.51. The molecule has 2 aromatic heterocycles. The minimum atomic E-state index is -1.01. The molecule has 0 radical (unpaired) electrons. The molecule has 1 aliphatic rings. The molecular formula is C20H21F2N3S. The number of hydrogen-bond acceptors (Lipinski definition) is 4. The van der Waals surface area contributed by atoms with E-state index < -0.39 is 12.1 Å². The smallest absolute Gasteiger partial charge is 0.208 e. The van der Waals surface area contributed by atoms with Gasteiger partial charge in [-0.1, -0.05) is 19.1 Å². The van der Waals surface area contributed by atoms with Crippen molar-refractivity contribution in [2.75, 3.05) is 7.05 Å². The van der Waals surface area contributed by atoms with Crippen molar-refractivity contribution in [3.8, 4) is 0 Å². The van der Waals surface area contributed by atoms with Crippen molar-refractivity contribution >= 4 is 33.3 Å². The minimum absolute atomic E-state index is 0.0964. The maximum absolute atomic E-state index is 14.2. The Kier molecular flexibility index (Phi) is 5.61. The summed E-state index contributed by atoms with van der Waals surface area (Å²) in [6.45, 7) is 3.53. The number of halogens is 2. The summed E-state index contributed by atoms with van der Waals surface area (Å²) in [5, 5.41) is 3.91. The van der Waals surface area contributed by atoms with Gasteiger partial charge in [0.2, 0.25) is 5.95 Å². The van der Waals surface area contributed by atoms with E-state index in [-0.39, 0.29) is 5.92 Å². The maximum atomic E-state index is 14.2. The summed E-state index contributed by atoms with van der Waals surface area (Å²) in [6.07, 6.45) is 5.97. The molecule has 0 amide bonds. The van der Waals surface area contributed by atoms with Crippen LogP contribution in [0.2, 0.25) is 0 Å². The Hall–Kier alpha value is -2.34. The number of aromatic nitrogens is 1. The maximum Gasteiger partial charge on any atom is 0.208 e. The quantitative estimate of drug-likeness (QED) is 0.553. The Morgan fingerprint density at radius 2 is 2.23 bits per heavy atom. The molecule has 2 heterocycles. The fourth-order valence-electron chi connectivity index (χ4n) is 2.77. The average Bonchev–Trinajstić information content (AvgIpc) is 3.08. The molecule has 2 aromatic rings. The number of fused-ring (bicyclic) bond motifs is 1. The summed E-state index contributed by atoms with van der Waals surface area (Å²) in [5.74, 6) is -0.601. The van der Waals surface area contributed by atoms with Crippen LogP contribution in [-0.4, -0.2) is 24.4 Å². The summed E-state index contributed by atoms with van der Waals surface area (Å²) >= 11 is 1.55. The molecule has 0 bridgehead atoms. The normalized spacial score (nSPS) is 19.6. The number of thiophene rings is 1. The highest BCUT2D eigenvalue weighted by Crippen LogP contribution is 2.35. The Balaban J connectivity index is 1.87. The molecule has 2 unspecified atom stereocenters. The van der Waals surface area contributed by atoms with Crippen LogP contribution in [0.5, 0.6) is 0 Å². The van der Waals surface area contributed by atoms with Gasteiger partial charge < -0.3 is 5.32 Å². The summed E-state index contributed by atoms with van der Waals surface area (Å²) in [7, 11) is 1.73. The number of aliphatic imine (C=N–C) groups is 1. The van der Waals surface area contributed by atoms with Gasteiger partial charge in [0.05, 0.1) is 5.69 Å². The standard InChI is InChI=1S/C20H21F2N3S/c1-4-19(22)24-11-12(2)16-7-6-14-10-18(26-20(14)25-16)13-5-8-17(23-3)15(21)9-13/h4-8,10-12,15,23H,9H2,1-3H3/b19-4-,24-11-. The Morgan fingerprint density at radius 1 is 1.42 bits per heavy atom. The lowest BCUT2D eigenvalue weighted by Gasteiger charge is -2.17. The first kappa shape index (κ1) is 18.5. The second kappa shape index (κ2) is 7.91. The monoisotopic (exact) mass is 373 g/mol. The molecule has 1 aliphatic carbocycles. The zero-order chi connectivity index (χ0) is 18.7. The molecule has 3 rings (SSSR count). The number of rotatable bonds is 5. The SMILES string of the molecule is C/C=C(F)\N=C/C(C)c1ccc2cc(C3=CC=C(NC)C(F)C3)sc2n1. The van der Waals surface area contributed by atoms with Gasteiger partial charge in [0.1, 0.15) is 11.0 Å². The summed E-state index contributed by atoms with van der Waals surface area (Å²) in [4.78, 5) is 10.4. The van der Waals surface area contributed by atoms with E-state index in [4.69, 9.17) is 0 Å². The van der Waals surface area contributed by atoms with Crippen molar-refractivity contribution in [1.29, 1.82) is 0 Å². The molecule has 6 heteroatoms. The van der Waals surface area contributed by atoms with Gasteiger partial charge in [0.25, 0.3) is 0 Å². The van der Waals surface area contributed by atoms with Crippen molar-refractivity contribution < 1.29 is 8.78 Å². The van der Waals surface area contributed by atoms with E-state index in [0.717, 1.165) is 26.4 Å². The summed E-state index contributed by atoms with van der Waals surface area (Å²) < 4.78 is 27.3. The fraction of sp³-hybridized carbons (Fsp3) is 0.300. The van der Waals surface area contributed by atoms with E-state index in [0.29, 0.717) is 12.1 Å². The Morgan fingerprint density at radius 3 is 2.92 bits per heavy atom. The van der Waals surface area contributed by atoms with E-state index in [9.17, 15) is 8.78 Å². The van der Waals surface area contributed by atoms with E-state index in [1.807, 2.05) is 31.2 Å². The van der Waals surface area contributed by atoms with Crippen molar-refractivity contribution in [2.45, 2.75) is 32.4 Å². The third-order valence-electron chi connectivity index (χ3n) is 4.34. The van der Waals surface area contributed by atoms with Crippen LogP contribution in [0.25, 0.3) is 15.8 Å². The van der Waals surface area contributed by atoms with Crippen molar-refractivity contribution in [1.82, 2.24) is 10.3 Å². The van der Waals surface area contributed by atoms with Crippen LogP contribution in [0.3, 0.4) is 0 Å². The van der Waals surface area contributed by atoms with E-state index in [1.165, 1.54) is 6.08 Å². The predicted octanol–water partition coefficient (Wildman–Crippen LogP) is 5.53. The fourth-order valence-corrected chi connectivity index (χ4v) is 3.84. The number of allylic oxidation sites excluding steroid dienone is 5. The topological polar surface area (TPSA) is 37.3 Å². The molecule has 0 aliphatic heterocycles. The van der Waals surface area contributed by atoms with Crippen LogP contribution >= 0.6 is 11.3 Å². The number of pyridine rings is 1. The zero-order valence-corrected chi connectivity index (χ0v) is 15.8. The minimum Gasteiger partial charge on any atom is -0.389 e. The Bertz CT molecular complexity index is 924. The van der Waals surface area contributed by atoms with Crippen LogP contribution < -0.4 is 5.32 Å². The van der Waals surface area contributed by atoms with Crippen molar-refractivity contribution in [3.63, 3.8) is 0 Å². The van der Waals surface area contributed by atoms with Crippen LogP contribution in [0, 0.1) is 0 Å². The molecule has 1 N–H and O–H groups in total. The van der Waals surface area contributed by atoms with Gasteiger partial charge >= 0.3 is 0 Å². The number of hydrogen-bond donors (Lipinski definition) is 1. The van der Waals surface area contributed by atoms with Crippen LogP contribution in [0.4, 0.5) is 8.78 Å². The number of nitrogens with one attached hydrogen (secondary N) is 1.